The Morgan fingerprint density at radius 1 is 2.00 bits per heavy atom. The lowest BCUT2D eigenvalue weighted by atomic mass is 10.9. The van der Waals surface area contributed by atoms with Crippen LogP contribution in [0.5, 0.6) is 0 Å². The van der Waals surface area contributed by atoms with Crippen LogP contribution >= 0.6 is 11.8 Å². The van der Waals surface area contributed by atoms with Gasteiger partial charge in [-0.05, 0) is 0 Å². The topological polar surface area (TPSA) is 38.5 Å². The molecule has 0 fully saturated rings. The van der Waals surface area contributed by atoms with Crippen LogP contribution in [0, 0.1) is 0 Å². The smallest absolute Gasteiger partial charge is 0.287 e. The Morgan fingerprint density at radius 2 is 2.50 bits per heavy atom. The Morgan fingerprint density at radius 3 is 2.50 bits per heavy atom. The zero-order valence-electron chi connectivity index (χ0n) is 3.34. The van der Waals surface area contributed by atoms with Crippen molar-refractivity contribution in [1.82, 2.24) is 0 Å². The summed E-state index contributed by atoms with van der Waals surface area (Å²) in [6, 6.07) is 0. The summed E-state index contributed by atoms with van der Waals surface area (Å²) in [6.45, 7) is 1.39. The second-order valence-corrected chi connectivity index (χ2v) is 1.74. The third kappa shape index (κ3) is 3.69. The van der Waals surface area contributed by atoms with Crippen LogP contribution in [0.15, 0.2) is 0 Å². The molecule has 2 nitrogen and oxygen atoms in total. The molecule has 0 spiro atoms. The van der Waals surface area contributed by atoms with Gasteiger partial charge in [-0.2, -0.15) is 0 Å². The Kier molecular flexibility index (Phi) is 2.75. The van der Waals surface area contributed by atoms with Gasteiger partial charge in [-0.15, -0.1) is 0 Å². The number of carbonyl (C=O) groups is 1. The lowest BCUT2D eigenvalue weighted by molar-refractivity contribution is -0.109. The summed E-state index contributed by atoms with van der Waals surface area (Å²) < 4.78 is 0. The summed E-state index contributed by atoms with van der Waals surface area (Å²) in [6.07, 6.45) is 0. The molecule has 0 heterocycles. The van der Waals surface area contributed by atoms with Crippen molar-refractivity contribution in [1.29, 1.82) is 0 Å². The number of rotatable bonds is 1. The van der Waals surface area contributed by atoms with Crippen molar-refractivity contribution in [2.45, 2.75) is 6.92 Å². The van der Waals surface area contributed by atoms with Crippen molar-refractivity contribution in [2.24, 2.45) is 0 Å². The third-order valence-corrected chi connectivity index (χ3v) is 0.656. The predicted octanol–water partition coefficient (Wildman–Crippen LogP) is 0.398. The van der Waals surface area contributed by atoms with Crippen LogP contribution < -0.4 is 0 Å². The highest BCUT2D eigenvalue weighted by Crippen LogP contribution is 1.90. The van der Waals surface area contributed by atoms with E-state index >= 15 is 0 Å². The van der Waals surface area contributed by atoms with Gasteiger partial charge in [0.2, 0.25) is 0 Å². The van der Waals surface area contributed by atoms with Gasteiger partial charge >= 0.3 is 5.62 Å². The maximum Gasteiger partial charge on any atom is 0.346 e. The monoisotopic (exact) mass is 105 g/mol. The van der Waals surface area contributed by atoms with E-state index in [9.17, 15) is 4.79 Å². The van der Waals surface area contributed by atoms with Crippen LogP contribution in [-0.2, 0) is 4.79 Å². The van der Waals surface area contributed by atoms with Gasteiger partial charge in [0, 0.05) is 18.7 Å². The molecule has 1 N–H and O–H groups in total. The first kappa shape index (κ1) is 5.69. The molecule has 0 aliphatic carbocycles. The summed E-state index contributed by atoms with van der Waals surface area (Å²) in [5.41, 5.74) is 0.766. The molecule has 0 saturated heterocycles. The molecule has 34 valence electrons. The van der Waals surface area contributed by atoms with Gasteiger partial charge in [0.15, 0.2) is 5.12 Å². The van der Waals surface area contributed by atoms with E-state index in [1.165, 1.54) is 6.92 Å². The molecule has 0 bridgehead atoms. The van der Waals surface area contributed by atoms with Crippen LogP contribution in [0.3, 0.4) is 0 Å². The van der Waals surface area contributed by atoms with Crippen molar-refractivity contribution in [3.8, 4) is 0 Å². The van der Waals surface area contributed by atoms with E-state index in [1.54, 1.807) is 0 Å². The average Bonchev–Trinajstić information content (AvgIpc) is 1.35. The van der Waals surface area contributed by atoms with Crippen molar-refractivity contribution in [2.75, 3.05) is 0 Å². The van der Waals surface area contributed by atoms with E-state index in [0.717, 1.165) is 17.4 Å². The number of hydrogen-bond acceptors (Lipinski definition) is 2. The normalized spacial score (nSPS) is 7.50. The second kappa shape index (κ2) is 2.90. The number of thioether (sulfide) groups is 1. The molecule has 0 aromatic heterocycles. The van der Waals surface area contributed by atoms with Gasteiger partial charge in [-0.1, -0.05) is 0 Å². The molecule has 0 radical (unpaired) electrons. The molecule has 0 unspecified atom stereocenters. The standard InChI is InChI=1S/C3H4O2S/c1-3(5)6-2-4/h2H,1H3/p+1. The first-order valence-corrected chi connectivity index (χ1v) is 2.28. The maximum atomic E-state index is 9.82. The van der Waals surface area contributed by atoms with E-state index in [-0.39, 0.29) is 5.12 Å². The SMILES string of the molecule is CC(=O)SC=[OH+]. The highest BCUT2D eigenvalue weighted by atomic mass is 32.2. The molecular weight excluding hydrogens is 100 g/mol. The molecule has 0 aliphatic heterocycles. The van der Waals surface area contributed by atoms with Crippen molar-refractivity contribution < 1.29 is 9.59 Å². The molecule has 0 amide bonds. The summed E-state index contributed by atoms with van der Waals surface area (Å²) in [5, 5.41) is -0.0995. The maximum absolute atomic E-state index is 9.82. The van der Waals surface area contributed by atoms with Crippen LogP contribution in [0.25, 0.3) is 0 Å². The average molecular weight is 105 g/mol. The largest absolute Gasteiger partial charge is 0.346 e. The predicted molar refractivity (Wildman–Crippen MR) is 26.3 cm³/mol. The fourth-order valence-electron chi connectivity index (χ4n) is 0.0742. The fraction of sp³-hybridized carbons (Fsp3) is 0.333. The minimum atomic E-state index is -0.0995. The Balaban J connectivity index is 3.05. The summed E-state index contributed by atoms with van der Waals surface area (Å²) in [4.78, 5) is 17.7. The molecule has 6 heavy (non-hydrogen) atoms. The zero-order valence-corrected chi connectivity index (χ0v) is 4.16. The van der Waals surface area contributed by atoms with Gasteiger partial charge < -0.3 is 0 Å². The third-order valence-electron chi connectivity index (χ3n) is 0.219. The molecule has 0 rings (SSSR count). The van der Waals surface area contributed by atoms with Crippen LogP contribution in [0.1, 0.15) is 6.92 Å². The van der Waals surface area contributed by atoms with E-state index in [2.05, 4.69) is 0 Å². The van der Waals surface area contributed by atoms with Gasteiger partial charge in [0.25, 0.3) is 0 Å². The van der Waals surface area contributed by atoms with Crippen molar-refractivity contribution >= 4 is 22.5 Å². The highest BCUT2D eigenvalue weighted by Gasteiger charge is 1.89. The van der Waals surface area contributed by atoms with Gasteiger partial charge in [-0.25, -0.2) is 0 Å². The summed E-state index contributed by atoms with van der Waals surface area (Å²) in [5.74, 6) is 0. The van der Waals surface area contributed by atoms with E-state index < -0.39 is 0 Å². The van der Waals surface area contributed by atoms with Crippen molar-refractivity contribution in [3.63, 3.8) is 0 Å². The van der Waals surface area contributed by atoms with Gasteiger partial charge in [0.1, 0.15) is 0 Å². The highest BCUT2D eigenvalue weighted by molar-refractivity contribution is 8.24. The van der Waals surface area contributed by atoms with E-state index in [4.69, 9.17) is 4.79 Å². The van der Waals surface area contributed by atoms with Crippen LogP contribution in [0.2, 0.25) is 0 Å². The zero-order chi connectivity index (χ0) is 4.99. The Labute approximate surface area is 39.9 Å². The lowest BCUT2D eigenvalue weighted by Gasteiger charge is -1.67. The number of carbonyl (C=O) groups excluding carboxylic acids is 2. The summed E-state index contributed by atoms with van der Waals surface area (Å²) >= 11 is 0.778. The molecular formula is C3H5O2S+. The lowest BCUT2D eigenvalue weighted by Crippen LogP contribution is -1.76. The van der Waals surface area contributed by atoms with Crippen molar-refractivity contribution in [3.05, 3.63) is 0 Å². The number of hydrogen-bond donors (Lipinski definition) is 0. The fourth-order valence-corrected chi connectivity index (χ4v) is 0.223. The molecule has 0 aromatic carbocycles. The minimum absolute atomic E-state index is 0.0995. The van der Waals surface area contributed by atoms with Crippen LogP contribution in [0.4, 0.5) is 0 Å². The quantitative estimate of drug-likeness (QED) is 0.357. The van der Waals surface area contributed by atoms with E-state index in [0.29, 0.717) is 0 Å². The van der Waals surface area contributed by atoms with Crippen LogP contribution in [-0.4, -0.2) is 15.5 Å². The van der Waals surface area contributed by atoms with E-state index in [1.807, 2.05) is 0 Å². The minimum Gasteiger partial charge on any atom is -0.287 e. The summed E-state index contributed by atoms with van der Waals surface area (Å²) in [7, 11) is 0. The molecule has 0 aromatic rings. The van der Waals surface area contributed by atoms with Gasteiger partial charge in [0.05, 0.1) is 0 Å². The first-order chi connectivity index (χ1) is 2.77. The van der Waals surface area contributed by atoms with Gasteiger partial charge in [-0.3, -0.25) is 9.59 Å². The second-order valence-electron chi connectivity index (χ2n) is 0.715. The Hall–Kier alpha value is -0.310. The Bertz CT molecular complexity index is 69.2. The first-order valence-electron chi connectivity index (χ1n) is 1.40. The molecule has 0 aliphatic rings. The molecule has 0 saturated carbocycles. The molecule has 0 atom stereocenters. The molecule has 3 heteroatoms.